The molecule has 2 aromatic heterocycles. The number of hydrogen-bond acceptors (Lipinski definition) is 3. The lowest BCUT2D eigenvalue weighted by Gasteiger charge is -2.16. The van der Waals surface area contributed by atoms with Crippen LogP contribution in [0.25, 0.3) is 0 Å². The Morgan fingerprint density at radius 3 is 2.90 bits per heavy atom. The Kier molecular flexibility index (Phi) is 4.29. The maximum atomic E-state index is 13.0. The van der Waals surface area contributed by atoms with Crippen molar-refractivity contribution in [1.29, 1.82) is 0 Å². The van der Waals surface area contributed by atoms with Crippen molar-refractivity contribution >= 4 is 11.7 Å². The van der Waals surface area contributed by atoms with Gasteiger partial charge in [-0.05, 0) is 6.92 Å². The van der Waals surface area contributed by atoms with Crippen molar-refractivity contribution in [3.8, 4) is 0 Å². The number of anilines is 1. The van der Waals surface area contributed by atoms with Gasteiger partial charge in [0, 0.05) is 31.4 Å². The summed E-state index contributed by atoms with van der Waals surface area (Å²) in [5, 5.41) is 6.72. The smallest absolute Gasteiger partial charge is 0.321 e. The Balaban J connectivity index is 1.95. The number of nitrogens with zero attached hydrogens (tertiary/aromatic N) is 4. The van der Waals surface area contributed by atoms with Crippen molar-refractivity contribution in [2.24, 2.45) is 0 Å². The van der Waals surface area contributed by atoms with E-state index < -0.39 is 5.82 Å². The summed E-state index contributed by atoms with van der Waals surface area (Å²) in [4.78, 5) is 17.1. The first kappa shape index (κ1) is 14.0. The van der Waals surface area contributed by atoms with E-state index >= 15 is 0 Å². The quantitative estimate of drug-likeness (QED) is 0.930. The van der Waals surface area contributed by atoms with Gasteiger partial charge in [-0.25, -0.2) is 9.18 Å². The number of rotatable bonds is 4. The molecular weight excluding hydrogens is 261 g/mol. The molecule has 1 N–H and O–H groups in total. The molecular formula is C13H16FN5O. The van der Waals surface area contributed by atoms with Crippen LogP contribution in [0.1, 0.15) is 12.5 Å². The first-order valence-corrected chi connectivity index (χ1v) is 6.22. The largest absolute Gasteiger partial charge is 0.323 e. The van der Waals surface area contributed by atoms with Crippen LogP contribution in [-0.4, -0.2) is 32.7 Å². The average Bonchev–Trinajstić information content (AvgIpc) is 2.86. The Morgan fingerprint density at radius 2 is 2.25 bits per heavy atom. The first-order valence-electron chi connectivity index (χ1n) is 6.22. The number of aromatic nitrogens is 3. The summed E-state index contributed by atoms with van der Waals surface area (Å²) in [6, 6.07) is 0.884. The van der Waals surface area contributed by atoms with Gasteiger partial charge in [-0.2, -0.15) is 5.10 Å². The second-order valence-corrected chi connectivity index (χ2v) is 4.38. The standard InChI is InChI=1S/C13H16FN5O/c1-3-19-9-10(5-16-19)8-18(2)13(20)17-12-4-11(14)6-15-7-12/h4-7,9H,3,8H2,1-2H3,(H,17,20). The fourth-order valence-corrected chi connectivity index (χ4v) is 1.71. The molecule has 2 rings (SSSR count). The van der Waals surface area contributed by atoms with Crippen LogP contribution in [0.4, 0.5) is 14.9 Å². The van der Waals surface area contributed by atoms with Crippen LogP contribution in [0.5, 0.6) is 0 Å². The second kappa shape index (κ2) is 6.14. The van der Waals surface area contributed by atoms with Gasteiger partial charge in [-0.15, -0.1) is 0 Å². The summed E-state index contributed by atoms with van der Waals surface area (Å²) < 4.78 is 14.8. The lowest BCUT2D eigenvalue weighted by molar-refractivity contribution is 0.220. The molecule has 0 saturated heterocycles. The van der Waals surface area contributed by atoms with Gasteiger partial charge in [0.2, 0.25) is 0 Å². The fraction of sp³-hybridized carbons (Fsp3) is 0.308. The van der Waals surface area contributed by atoms with Gasteiger partial charge in [0.05, 0.1) is 30.8 Å². The van der Waals surface area contributed by atoms with E-state index in [4.69, 9.17) is 0 Å². The van der Waals surface area contributed by atoms with Crippen LogP contribution < -0.4 is 5.32 Å². The zero-order valence-electron chi connectivity index (χ0n) is 11.4. The number of urea groups is 1. The van der Waals surface area contributed by atoms with Crippen molar-refractivity contribution in [3.05, 3.63) is 42.2 Å². The Labute approximate surface area is 116 Å². The highest BCUT2D eigenvalue weighted by Gasteiger charge is 2.11. The third kappa shape index (κ3) is 3.53. The molecule has 2 amide bonds. The van der Waals surface area contributed by atoms with Gasteiger partial charge in [0.1, 0.15) is 5.82 Å². The van der Waals surface area contributed by atoms with Crippen LogP contribution in [0.3, 0.4) is 0 Å². The topological polar surface area (TPSA) is 63.1 Å². The molecule has 0 unspecified atom stereocenters. The van der Waals surface area contributed by atoms with Crippen molar-refractivity contribution in [2.45, 2.75) is 20.0 Å². The van der Waals surface area contributed by atoms with Crippen LogP contribution in [-0.2, 0) is 13.1 Å². The normalized spacial score (nSPS) is 10.3. The van der Waals surface area contributed by atoms with Crippen LogP contribution in [0, 0.1) is 5.82 Å². The van der Waals surface area contributed by atoms with Gasteiger partial charge in [0.15, 0.2) is 0 Å². The lowest BCUT2D eigenvalue weighted by atomic mass is 10.3. The minimum absolute atomic E-state index is 0.325. The van der Waals surface area contributed by atoms with Crippen molar-refractivity contribution < 1.29 is 9.18 Å². The summed E-state index contributed by atoms with van der Waals surface area (Å²) in [5.41, 5.74) is 1.26. The summed E-state index contributed by atoms with van der Waals surface area (Å²) in [6.07, 6.45) is 6.08. The monoisotopic (exact) mass is 277 g/mol. The van der Waals surface area contributed by atoms with Crippen molar-refractivity contribution in [1.82, 2.24) is 19.7 Å². The fourth-order valence-electron chi connectivity index (χ4n) is 1.71. The van der Waals surface area contributed by atoms with E-state index in [0.29, 0.717) is 12.2 Å². The molecule has 0 atom stereocenters. The van der Waals surface area contributed by atoms with E-state index in [1.165, 1.54) is 17.2 Å². The third-order valence-electron chi connectivity index (χ3n) is 2.73. The number of hydrogen-bond donors (Lipinski definition) is 1. The number of halogens is 1. The second-order valence-electron chi connectivity index (χ2n) is 4.38. The number of carbonyl (C=O) groups is 1. The van der Waals surface area contributed by atoms with E-state index in [1.807, 2.05) is 13.1 Å². The predicted octanol–water partition coefficient (Wildman–Crippen LogP) is 2.10. The van der Waals surface area contributed by atoms with E-state index in [9.17, 15) is 9.18 Å². The molecule has 106 valence electrons. The molecule has 0 saturated carbocycles. The van der Waals surface area contributed by atoms with Crippen LogP contribution >= 0.6 is 0 Å². The van der Waals surface area contributed by atoms with Crippen LogP contribution in [0.2, 0.25) is 0 Å². The van der Waals surface area contributed by atoms with Gasteiger partial charge in [0.25, 0.3) is 0 Å². The predicted molar refractivity (Wildman–Crippen MR) is 72.6 cm³/mol. The number of pyridine rings is 1. The zero-order chi connectivity index (χ0) is 14.5. The third-order valence-corrected chi connectivity index (χ3v) is 2.73. The maximum Gasteiger partial charge on any atom is 0.321 e. The minimum Gasteiger partial charge on any atom is -0.323 e. The Morgan fingerprint density at radius 1 is 1.45 bits per heavy atom. The average molecular weight is 277 g/mol. The highest BCUT2D eigenvalue weighted by atomic mass is 19.1. The Bertz CT molecular complexity index is 598. The Hall–Kier alpha value is -2.44. The number of aryl methyl sites for hydroxylation is 1. The molecule has 0 bridgehead atoms. The number of carbonyl (C=O) groups excluding carboxylic acids is 1. The highest BCUT2D eigenvalue weighted by Crippen LogP contribution is 2.09. The molecule has 0 aliphatic carbocycles. The summed E-state index contributed by atoms with van der Waals surface area (Å²) in [6.45, 7) is 3.20. The maximum absolute atomic E-state index is 13.0. The first-order chi connectivity index (χ1) is 9.58. The molecule has 0 spiro atoms. The van der Waals surface area contributed by atoms with Gasteiger partial charge in [-0.3, -0.25) is 9.67 Å². The number of amides is 2. The van der Waals surface area contributed by atoms with E-state index in [2.05, 4.69) is 15.4 Å². The van der Waals surface area contributed by atoms with Crippen LogP contribution in [0.15, 0.2) is 30.9 Å². The van der Waals surface area contributed by atoms with E-state index in [-0.39, 0.29) is 6.03 Å². The summed E-state index contributed by atoms with van der Waals surface area (Å²) >= 11 is 0. The molecule has 2 aromatic rings. The molecule has 2 heterocycles. The van der Waals surface area contributed by atoms with Gasteiger partial charge in [-0.1, -0.05) is 0 Å². The molecule has 0 aliphatic heterocycles. The molecule has 0 aliphatic rings. The summed E-state index contributed by atoms with van der Waals surface area (Å²) in [7, 11) is 1.66. The van der Waals surface area contributed by atoms with Crippen molar-refractivity contribution in [3.63, 3.8) is 0 Å². The highest BCUT2D eigenvalue weighted by molar-refractivity contribution is 5.88. The molecule has 7 heteroatoms. The SMILES string of the molecule is CCn1cc(CN(C)C(=O)Nc2cncc(F)c2)cn1. The molecule has 0 aromatic carbocycles. The molecule has 20 heavy (non-hydrogen) atoms. The molecule has 0 radical (unpaired) electrons. The minimum atomic E-state index is -0.491. The van der Waals surface area contributed by atoms with E-state index in [0.717, 1.165) is 18.3 Å². The van der Waals surface area contributed by atoms with E-state index in [1.54, 1.807) is 17.9 Å². The lowest BCUT2D eigenvalue weighted by Crippen LogP contribution is -2.30. The number of nitrogens with one attached hydrogen (secondary N) is 1. The molecule has 0 fully saturated rings. The zero-order valence-corrected chi connectivity index (χ0v) is 11.4. The van der Waals surface area contributed by atoms with Crippen molar-refractivity contribution in [2.75, 3.05) is 12.4 Å². The van der Waals surface area contributed by atoms with Gasteiger partial charge >= 0.3 is 6.03 Å². The molecule has 6 nitrogen and oxygen atoms in total. The van der Waals surface area contributed by atoms with Gasteiger partial charge < -0.3 is 10.2 Å². The summed E-state index contributed by atoms with van der Waals surface area (Å²) in [5.74, 6) is -0.491.